The number of carbonyl (C=O) groups excluding carboxylic acids is 1. The van der Waals surface area contributed by atoms with Crippen LogP contribution in [0.15, 0.2) is 6.07 Å². The minimum atomic E-state index is 0.125. The van der Waals surface area contributed by atoms with Gasteiger partial charge >= 0.3 is 0 Å². The minimum Gasteiger partial charge on any atom is -0.299 e. The van der Waals surface area contributed by atoms with Crippen LogP contribution in [0, 0.1) is 11.8 Å². The van der Waals surface area contributed by atoms with E-state index in [1.54, 1.807) is 0 Å². The molecule has 1 aromatic rings. The van der Waals surface area contributed by atoms with Crippen molar-refractivity contribution in [3.8, 4) is 0 Å². The third kappa shape index (κ3) is 3.42. The summed E-state index contributed by atoms with van der Waals surface area (Å²) in [5, 5.41) is 4.47. The van der Waals surface area contributed by atoms with Crippen LogP contribution in [0.1, 0.15) is 46.0 Å². The highest BCUT2D eigenvalue weighted by atomic mass is 16.1. The topological polar surface area (TPSA) is 34.9 Å². The van der Waals surface area contributed by atoms with Crippen molar-refractivity contribution in [2.75, 3.05) is 0 Å². The lowest BCUT2D eigenvalue weighted by molar-refractivity contribution is -0.123. The van der Waals surface area contributed by atoms with E-state index >= 15 is 0 Å². The SMILES string of the molecule is CCc1cc(CC(=O)C(C)C(C)C)n(CC)n1. The summed E-state index contributed by atoms with van der Waals surface area (Å²) in [5.41, 5.74) is 2.13. The van der Waals surface area contributed by atoms with Crippen molar-refractivity contribution >= 4 is 5.78 Å². The van der Waals surface area contributed by atoms with Gasteiger partial charge in [0.15, 0.2) is 0 Å². The third-order valence-electron chi connectivity index (χ3n) is 3.44. The Bertz CT molecular complexity index is 380. The van der Waals surface area contributed by atoms with Crippen molar-refractivity contribution in [3.05, 3.63) is 17.5 Å². The summed E-state index contributed by atoms with van der Waals surface area (Å²) < 4.78 is 1.95. The molecule has 0 amide bonds. The van der Waals surface area contributed by atoms with Gasteiger partial charge in [-0.25, -0.2) is 0 Å². The maximum Gasteiger partial charge on any atom is 0.141 e. The normalized spacial score (nSPS) is 13.1. The molecule has 17 heavy (non-hydrogen) atoms. The fourth-order valence-electron chi connectivity index (χ4n) is 1.82. The number of rotatable bonds is 6. The van der Waals surface area contributed by atoms with Crippen LogP contribution in [0.4, 0.5) is 0 Å². The second kappa shape index (κ2) is 5.99. The standard InChI is InChI=1S/C14H24N2O/c1-6-12-8-13(16(7-2)15-12)9-14(17)11(5)10(3)4/h8,10-11H,6-7,9H2,1-5H3. The lowest BCUT2D eigenvalue weighted by atomic mass is 9.91. The van der Waals surface area contributed by atoms with Gasteiger partial charge in [0.25, 0.3) is 0 Å². The molecule has 0 fully saturated rings. The molecule has 0 aliphatic carbocycles. The molecule has 0 spiro atoms. The zero-order chi connectivity index (χ0) is 13.0. The molecule has 0 radical (unpaired) electrons. The van der Waals surface area contributed by atoms with E-state index in [-0.39, 0.29) is 5.92 Å². The maximum absolute atomic E-state index is 12.1. The molecule has 1 rings (SSSR count). The van der Waals surface area contributed by atoms with Crippen molar-refractivity contribution in [3.63, 3.8) is 0 Å². The van der Waals surface area contributed by atoms with Crippen molar-refractivity contribution < 1.29 is 4.79 Å². The van der Waals surface area contributed by atoms with E-state index < -0.39 is 0 Å². The Hall–Kier alpha value is -1.12. The smallest absolute Gasteiger partial charge is 0.141 e. The van der Waals surface area contributed by atoms with Gasteiger partial charge in [-0.2, -0.15) is 5.10 Å². The number of aromatic nitrogens is 2. The number of aryl methyl sites for hydroxylation is 2. The van der Waals surface area contributed by atoms with Crippen LogP contribution in [0.5, 0.6) is 0 Å². The minimum absolute atomic E-state index is 0.125. The fourth-order valence-corrected chi connectivity index (χ4v) is 1.82. The third-order valence-corrected chi connectivity index (χ3v) is 3.44. The molecule has 0 aliphatic heterocycles. The highest BCUT2D eigenvalue weighted by Gasteiger charge is 2.19. The van der Waals surface area contributed by atoms with Crippen LogP contribution in [-0.2, 0) is 24.2 Å². The van der Waals surface area contributed by atoms with E-state index in [9.17, 15) is 4.79 Å². The molecule has 3 heteroatoms. The second-order valence-electron chi connectivity index (χ2n) is 4.97. The Morgan fingerprint density at radius 2 is 2.00 bits per heavy atom. The van der Waals surface area contributed by atoms with Crippen molar-refractivity contribution in [1.82, 2.24) is 9.78 Å². The largest absolute Gasteiger partial charge is 0.299 e. The summed E-state index contributed by atoms with van der Waals surface area (Å²) in [4.78, 5) is 12.1. The van der Waals surface area contributed by atoms with E-state index in [0.29, 0.717) is 18.1 Å². The molecule has 0 bridgehead atoms. The molecule has 1 heterocycles. The van der Waals surface area contributed by atoms with Crippen LogP contribution in [-0.4, -0.2) is 15.6 Å². The number of carbonyl (C=O) groups is 1. The molecule has 0 saturated carbocycles. The summed E-state index contributed by atoms with van der Waals surface area (Å²) >= 11 is 0. The van der Waals surface area contributed by atoms with Gasteiger partial charge < -0.3 is 0 Å². The summed E-state index contributed by atoms with van der Waals surface area (Å²) in [6.07, 6.45) is 1.44. The summed E-state index contributed by atoms with van der Waals surface area (Å²) in [5.74, 6) is 0.851. The van der Waals surface area contributed by atoms with Crippen LogP contribution in [0.2, 0.25) is 0 Å². The number of hydrogen-bond acceptors (Lipinski definition) is 2. The highest BCUT2D eigenvalue weighted by molar-refractivity contribution is 5.82. The molecular weight excluding hydrogens is 212 g/mol. The molecule has 0 saturated heterocycles. The lowest BCUT2D eigenvalue weighted by Gasteiger charge is -2.14. The Kier molecular flexibility index (Phi) is 4.91. The van der Waals surface area contributed by atoms with Gasteiger partial charge in [0.1, 0.15) is 5.78 Å². The monoisotopic (exact) mass is 236 g/mol. The average Bonchev–Trinajstić information content (AvgIpc) is 2.70. The van der Waals surface area contributed by atoms with E-state index in [2.05, 4.69) is 38.9 Å². The first-order valence-corrected chi connectivity index (χ1v) is 6.57. The average molecular weight is 236 g/mol. The van der Waals surface area contributed by atoms with Crippen molar-refractivity contribution in [1.29, 1.82) is 0 Å². The zero-order valence-corrected chi connectivity index (χ0v) is 11.7. The number of ketones is 1. The lowest BCUT2D eigenvalue weighted by Crippen LogP contribution is -2.20. The van der Waals surface area contributed by atoms with E-state index in [1.807, 2.05) is 11.6 Å². The van der Waals surface area contributed by atoms with Gasteiger partial charge in [-0.3, -0.25) is 9.48 Å². The maximum atomic E-state index is 12.1. The molecular formula is C14H24N2O. The zero-order valence-electron chi connectivity index (χ0n) is 11.7. The quantitative estimate of drug-likeness (QED) is 0.761. The van der Waals surface area contributed by atoms with Gasteiger partial charge in [0, 0.05) is 24.6 Å². The van der Waals surface area contributed by atoms with Gasteiger partial charge in [-0.15, -0.1) is 0 Å². The van der Waals surface area contributed by atoms with Crippen molar-refractivity contribution in [2.45, 2.75) is 54.0 Å². The first-order chi connectivity index (χ1) is 7.99. The molecule has 0 aromatic carbocycles. The number of nitrogens with zero attached hydrogens (tertiary/aromatic N) is 2. The van der Waals surface area contributed by atoms with Gasteiger partial charge in [0.05, 0.1) is 5.69 Å². The molecule has 1 atom stereocenters. The first kappa shape index (κ1) is 13.9. The van der Waals surface area contributed by atoms with Gasteiger partial charge in [0.2, 0.25) is 0 Å². The van der Waals surface area contributed by atoms with Crippen molar-refractivity contribution in [2.24, 2.45) is 11.8 Å². The van der Waals surface area contributed by atoms with Crippen LogP contribution >= 0.6 is 0 Å². The molecule has 0 aliphatic rings. The molecule has 1 aromatic heterocycles. The Morgan fingerprint density at radius 1 is 1.35 bits per heavy atom. The highest BCUT2D eigenvalue weighted by Crippen LogP contribution is 2.15. The second-order valence-corrected chi connectivity index (χ2v) is 4.97. The van der Waals surface area contributed by atoms with E-state index in [0.717, 1.165) is 24.4 Å². The van der Waals surface area contributed by atoms with Crippen LogP contribution in [0.25, 0.3) is 0 Å². The first-order valence-electron chi connectivity index (χ1n) is 6.57. The molecule has 0 N–H and O–H groups in total. The molecule has 96 valence electrons. The Morgan fingerprint density at radius 3 is 2.47 bits per heavy atom. The molecule has 1 unspecified atom stereocenters. The Balaban J connectivity index is 2.80. The summed E-state index contributed by atoms with van der Waals surface area (Å²) in [6.45, 7) is 11.2. The van der Waals surface area contributed by atoms with Gasteiger partial charge in [-0.1, -0.05) is 27.7 Å². The Labute approximate surface area is 104 Å². The van der Waals surface area contributed by atoms with E-state index in [4.69, 9.17) is 0 Å². The van der Waals surface area contributed by atoms with Crippen LogP contribution in [0.3, 0.4) is 0 Å². The van der Waals surface area contributed by atoms with Crippen LogP contribution < -0.4 is 0 Å². The van der Waals surface area contributed by atoms with Gasteiger partial charge in [-0.05, 0) is 25.3 Å². The number of hydrogen-bond donors (Lipinski definition) is 0. The summed E-state index contributed by atoms with van der Waals surface area (Å²) in [7, 11) is 0. The fraction of sp³-hybridized carbons (Fsp3) is 0.714. The predicted molar refractivity (Wildman–Crippen MR) is 70.0 cm³/mol. The predicted octanol–water partition coefficient (Wildman–Crippen LogP) is 2.87. The number of Topliss-reactive ketones (excluding diaryl/α,β-unsaturated/α-hetero) is 1. The van der Waals surface area contributed by atoms with E-state index in [1.165, 1.54) is 0 Å². The molecule has 3 nitrogen and oxygen atoms in total. The summed E-state index contributed by atoms with van der Waals surface area (Å²) in [6, 6.07) is 2.06.